The van der Waals surface area contributed by atoms with E-state index in [0.29, 0.717) is 0 Å². The number of nitrogens with one attached hydrogen (secondary N) is 1. The van der Waals surface area contributed by atoms with Gasteiger partial charge in [0.1, 0.15) is 0 Å². The molecule has 1 rings (SSSR count). The number of methoxy groups -OCH3 is 1. The second-order valence-corrected chi connectivity index (χ2v) is 5.27. The molecule has 1 heterocycles. The minimum atomic E-state index is 0.0982. The van der Waals surface area contributed by atoms with Gasteiger partial charge in [-0.25, -0.2) is 0 Å². The summed E-state index contributed by atoms with van der Waals surface area (Å²) in [6.45, 7) is 9.38. The van der Waals surface area contributed by atoms with Crippen LogP contribution in [0.2, 0.25) is 0 Å². The molecule has 86 valence electrons. The van der Waals surface area contributed by atoms with Crippen LogP contribution >= 0.6 is 12.2 Å². The Bertz CT molecular complexity index is 373. The smallest absolute Gasteiger partial charge is 0.177 e. The standard InChI is InChI=1S/C11H20N2OS/c1-8(14-5)7-13-9(11(2,3)4)6-12-10(13)15/h6,8H,7H2,1-5H3,(H,12,15). The van der Waals surface area contributed by atoms with Gasteiger partial charge in [-0.1, -0.05) is 20.8 Å². The van der Waals surface area contributed by atoms with Gasteiger partial charge in [0.25, 0.3) is 0 Å². The second kappa shape index (κ2) is 4.49. The molecule has 0 saturated carbocycles. The van der Waals surface area contributed by atoms with Crippen LogP contribution in [-0.4, -0.2) is 22.8 Å². The fraction of sp³-hybridized carbons (Fsp3) is 0.727. The first-order valence-electron chi connectivity index (χ1n) is 5.17. The summed E-state index contributed by atoms with van der Waals surface area (Å²) in [4.78, 5) is 3.10. The Morgan fingerprint density at radius 3 is 2.60 bits per heavy atom. The monoisotopic (exact) mass is 228 g/mol. The number of hydrogen-bond donors (Lipinski definition) is 1. The number of hydrogen-bond acceptors (Lipinski definition) is 2. The molecule has 0 aliphatic carbocycles. The normalized spacial score (nSPS) is 14.2. The number of imidazole rings is 1. The van der Waals surface area contributed by atoms with Crippen LogP contribution in [0.15, 0.2) is 6.20 Å². The van der Waals surface area contributed by atoms with Gasteiger partial charge in [-0.3, -0.25) is 0 Å². The molecular weight excluding hydrogens is 208 g/mol. The van der Waals surface area contributed by atoms with E-state index in [-0.39, 0.29) is 11.5 Å². The van der Waals surface area contributed by atoms with E-state index < -0.39 is 0 Å². The largest absolute Gasteiger partial charge is 0.380 e. The number of nitrogens with zero attached hydrogens (tertiary/aromatic N) is 1. The number of aromatic nitrogens is 2. The highest BCUT2D eigenvalue weighted by Crippen LogP contribution is 2.22. The van der Waals surface area contributed by atoms with E-state index >= 15 is 0 Å². The molecule has 0 aliphatic rings. The maximum Gasteiger partial charge on any atom is 0.177 e. The highest BCUT2D eigenvalue weighted by molar-refractivity contribution is 7.71. The Labute approximate surface area is 96.5 Å². The van der Waals surface area contributed by atoms with Crippen molar-refractivity contribution >= 4 is 12.2 Å². The third kappa shape index (κ3) is 2.92. The van der Waals surface area contributed by atoms with Gasteiger partial charge >= 0.3 is 0 Å². The zero-order chi connectivity index (χ0) is 11.6. The predicted molar refractivity (Wildman–Crippen MR) is 64.8 cm³/mol. The van der Waals surface area contributed by atoms with Crippen molar-refractivity contribution in [2.75, 3.05) is 7.11 Å². The quantitative estimate of drug-likeness (QED) is 0.806. The van der Waals surface area contributed by atoms with Crippen LogP contribution in [0.1, 0.15) is 33.4 Å². The van der Waals surface area contributed by atoms with Crippen LogP contribution in [-0.2, 0) is 16.7 Å². The van der Waals surface area contributed by atoms with Crippen molar-refractivity contribution in [3.63, 3.8) is 0 Å². The minimum absolute atomic E-state index is 0.0982. The van der Waals surface area contributed by atoms with Crippen LogP contribution < -0.4 is 0 Å². The second-order valence-electron chi connectivity index (χ2n) is 4.89. The van der Waals surface area contributed by atoms with Gasteiger partial charge < -0.3 is 14.3 Å². The van der Waals surface area contributed by atoms with Crippen LogP contribution in [0.4, 0.5) is 0 Å². The molecular formula is C11H20N2OS. The van der Waals surface area contributed by atoms with Gasteiger partial charge in [0.15, 0.2) is 4.77 Å². The van der Waals surface area contributed by atoms with E-state index in [4.69, 9.17) is 17.0 Å². The van der Waals surface area contributed by atoms with Crippen molar-refractivity contribution < 1.29 is 4.74 Å². The molecule has 0 fully saturated rings. The molecule has 1 unspecified atom stereocenters. The van der Waals surface area contributed by atoms with Gasteiger partial charge in [-0.05, 0) is 19.1 Å². The van der Waals surface area contributed by atoms with Crippen molar-refractivity contribution in [1.29, 1.82) is 0 Å². The van der Waals surface area contributed by atoms with Gasteiger partial charge in [-0.15, -0.1) is 0 Å². The molecule has 0 saturated heterocycles. The van der Waals surface area contributed by atoms with Gasteiger partial charge in [0.2, 0.25) is 0 Å². The molecule has 1 N–H and O–H groups in total. The molecule has 0 aromatic carbocycles. The topological polar surface area (TPSA) is 29.9 Å². The number of H-pyrrole nitrogens is 1. The first-order valence-corrected chi connectivity index (χ1v) is 5.58. The summed E-state index contributed by atoms with van der Waals surface area (Å²) in [5.74, 6) is 0. The van der Waals surface area contributed by atoms with E-state index in [1.54, 1.807) is 7.11 Å². The lowest BCUT2D eigenvalue weighted by atomic mass is 9.92. The van der Waals surface area contributed by atoms with Gasteiger partial charge in [0.05, 0.1) is 12.6 Å². The molecule has 1 aromatic rings. The van der Waals surface area contributed by atoms with Crippen molar-refractivity contribution in [3.8, 4) is 0 Å². The van der Waals surface area contributed by atoms with Crippen LogP contribution in [0.5, 0.6) is 0 Å². The van der Waals surface area contributed by atoms with Crippen LogP contribution in [0.3, 0.4) is 0 Å². The summed E-state index contributed by atoms with van der Waals surface area (Å²) in [5, 5.41) is 0. The first kappa shape index (κ1) is 12.5. The molecule has 0 amide bonds. The van der Waals surface area contributed by atoms with E-state index in [9.17, 15) is 0 Å². The minimum Gasteiger partial charge on any atom is -0.380 e. The fourth-order valence-corrected chi connectivity index (χ4v) is 1.76. The highest BCUT2D eigenvalue weighted by Gasteiger charge is 2.19. The average Bonchev–Trinajstić information content (AvgIpc) is 2.47. The maximum absolute atomic E-state index is 5.27. The van der Waals surface area contributed by atoms with E-state index in [2.05, 4.69) is 30.3 Å². The highest BCUT2D eigenvalue weighted by atomic mass is 32.1. The first-order chi connectivity index (χ1) is 6.86. The Balaban J connectivity index is 3.05. The average molecular weight is 228 g/mol. The number of rotatable bonds is 3. The summed E-state index contributed by atoms with van der Waals surface area (Å²) in [7, 11) is 1.72. The molecule has 1 atom stereocenters. The summed E-state index contributed by atoms with van der Waals surface area (Å²) < 4.78 is 8.15. The van der Waals surface area contributed by atoms with Gasteiger partial charge in [-0.2, -0.15) is 0 Å². The molecule has 0 bridgehead atoms. The van der Waals surface area contributed by atoms with Crippen molar-refractivity contribution in [1.82, 2.24) is 9.55 Å². The zero-order valence-electron chi connectivity index (χ0n) is 10.1. The molecule has 0 radical (unpaired) electrons. The van der Waals surface area contributed by atoms with Crippen molar-refractivity contribution in [2.24, 2.45) is 0 Å². The fourth-order valence-electron chi connectivity index (χ4n) is 1.53. The third-order valence-corrected chi connectivity index (χ3v) is 2.82. The molecule has 0 aliphatic heterocycles. The summed E-state index contributed by atoms with van der Waals surface area (Å²) in [5.41, 5.74) is 1.32. The SMILES string of the molecule is COC(C)Cn1c(C(C)(C)C)c[nH]c1=S. The number of aromatic amines is 1. The summed E-state index contributed by atoms with van der Waals surface area (Å²) in [6, 6.07) is 0. The molecule has 1 aromatic heterocycles. The van der Waals surface area contributed by atoms with Crippen molar-refractivity contribution in [2.45, 2.75) is 45.8 Å². The van der Waals surface area contributed by atoms with Crippen molar-refractivity contribution in [3.05, 3.63) is 16.7 Å². The Morgan fingerprint density at radius 2 is 2.13 bits per heavy atom. The lowest BCUT2D eigenvalue weighted by Gasteiger charge is -2.22. The van der Waals surface area contributed by atoms with E-state index in [0.717, 1.165) is 11.3 Å². The Morgan fingerprint density at radius 1 is 1.53 bits per heavy atom. The number of ether oxygens (including phenoxy) is 1. The summed E-state index contributed by atoms with van der Waals surface area (Å²) >= 11 is 5.26. The molecule has 4 heteroatoms. The Kier molecular flexibility index (Phi) is 3.73. The predicted octanol–water partition coefficient (Wildman–Crippen LogP) is 2.88. The lowest BCUT2D eigenvalue weighted by Crippen LogP contribution is -2.22. The molecule has 15 heavy (non-hydrogen) atoms. The third-order valence-electron chi connectivity index (χ3n) is 2.48. The maximum atomic E-state index is 5.27. The van der Waals surface area contributed by atoms with Crippen LogP contribution in [0.25, 0.3) is 0 Å². The summed E-state index contributed by atoms with van der Waals surface area (Å²) in [6.07, 6.45) is 2.17. The van der Waals surface area contributed by atoms with E-state index in [1.807, 2.05) is 13.1 Å². The van der Waals surface area contributed by atoms with E-state index in [1.165, 1.54) is 5.69 Å². The van der Waals surface area contributed by atoms with Crippen LogP contribution in [0, 0.1) is 4.77 Å². The molecule has 3 nitrogen and oxygen atoms in total. The molecule has 0 spiro atoms. The zero-order valence-corrected chi connectivity index (χ0v) is 10.9. The lowest BCUT2D eigenvalue weighted by molar-refractivity contribution is 0.101. The Hall–Kier alpha value is -0.610. The van der Waals surface area contributed by atoms with Gasteiger partial charge in [0, 0.05) is 24.4 Å².